The first kappa shape index (κ1) is 12.1. The van der Waals surface area contributed by atoms with Gasteiger partial charge < -0.3 is 9.66 Å². The van der Waals surface area contributed by atoms with E-state index in [0.29, 0.717) is 12.2 Å². The Balaban J connectivity index is 0.000000195. The first-order valence-electron chi connectivity index (χ1n) is 4.63. The van der Waals surface area contributed by atoms with E-state index >= 15 is 0 Å². The van der Waals surface area contributed by atoms with Gasteiger partial charge in [-0.1, -0.05) is 6.92 Å². The first-order chi connectivity index (χ1) is 7.06. The maximum Gasteiger partial charge on any atom is 0.303 e. The van der Waals surface area contributed by atoms with Crippen LogP contribution in [0.2, 0.25) is 0 Å². The van der Waals surface area contributed by atoms with Crippen molar-refractivity contribution in [3.63, 3.8) is 0 Å². The number of carboxylic acids is 1. The monoisotopic (exact) mass is 231 g/mol. The normalized spacial score (nSPS) is 27.3. The Kier molecular flexibility index (Phi) is 4.16. The van der Waals surface area contributed by atoms with Crippen LogP contribution in [0.5, 0.6) is 0 Å². The summed E-state index contributed by atoms with van der Waals surface area (Å²) in [6.07, 6.45) is 4.21. The molecular weight excluding hydrogens is 218 g/mol. The number of hydrogen-bond donors (Lipinski definition) is 1. The van der Waals surface area contributed by atoms with Crippen LogP contribution < -0.4 is 0 Å². The second kappa shape index (κ2) is 5.18. The van der Waals surface area contributed by atoms with E-state index in [0.717, 1.165) is 0 Å². The molecule has 0 saturated carbocycles. The number of β-lactam (4-membered cyclic amide) rings is 1. The van der Waals surface area contributed by atoms with Crippen LogP contribution in [0.1, 0.15) is 19.8 Å². The molecule has 0 radical (unpaired) electrons. The quantitative estimate of drug-likeness (QED) is 0.520. The summed E-state index contributed by atoms with van der Waals surface area (Å²) in [6, 6.07) is 0. The van der Waals surface area contributed by atoms with Gasteiger partial charge in [-0.15, -0.1) is 0 Å². The highest BCUT2D eigenvalue weighted by Crippen LogP contribution is 2.28. The zero-order chi connectivity index (χ0) is 11.4. The van der Waals surface area contributed by atoms with Gasteiger partial charge in [-0.05, 0) is 17.3 Å². The minimum absolute atomic E-state index is 0.00231. The fourth-order valence-corrected chi connectivity index (χ4v) is 2.43. The van der Waals surface area contributed by atoms with Crippen LogP contribution in [0.15, 0.2) is 12.3 Å². The van der Waals surface area contributed by atoms with Crippen LogP contribution in [-0.2, 0) is 20.8 Å². The van der Waals surface area contributed by atoms with Crippen molar-refractivity contribution in [2.24, 2.45) is 0 Å². The van der Waals surface area contributed by atoms with Crippen LogP contribution in [0.4, 0.5) is 0 Å². The molecule has 0 aromatic heterocycles. The molecule has 2 aliphatic rings. The molecule has 5 nitrogen and oxygen atoms in total. The molecule has 1 saturated heterocycles. The van der Waals surface area contributed by atoms with Gasteiger partial charge in [0.1, 0.15) is 5.75 Å². The Morgan fingerprint density at radius 2 is 2.40 bits per heavy atom. The van der Waals surface area contributed by atoms with E-state index in [1.807, 2.05) is 0 Å². The van der Waals surface area contributed by atoms with Crippen molar-refractivity contribution in [3.05, 3.63) is 12.3 Å². The molecule has 2 heterocycles. The highest BCUT2D eigenvalue weighted by atomic mass is 32.2. The summed E-state index contributed by atoms with van der Waals surface area (Å²) < 4.78 is 11.1. The SMILES string of the molecule is CCC(=O)O.O=C1C[C@H]2N1C=CC[S+]2[O-]. The van der Waals surface area contributed by atoms with Gasteiger partial charge in [-0.3, -0.25) is 14.5 Å². The van der Waals surface area contributed by atoms with E-state index in [2.05, 4.69) is 0 Å². The summed E-state index contributed by atoms with van der Waals surface area (Å²) in [5.41, 5.74) is 0. The molecule has 84 valence electrons. The lowest BCUT2D eigenvalue weighted by Crippen LogP contribution is -2.55. The summed E-state index contributed by atoms with van der Waals surface area (Å²) in [6.45, 7) is 1.60. The number of carbonyl (C=O) groups is 2. The van der Waals surface area contributed by atoms with E-state index in [1.54, 1.807) is 24.1 Å². The zero-order valence-electron chi connectivity index (χ0n) is 8.38. The molecule has 0 bridgehead atoms. The molecule has 0 aromatic rings. The zero-order valence-corrected chi connectivity index (χ0v) is 9.20. The van der Waals surface area contributed by atoms with E-state index in [1.165, 1.54) is 0 Å². The molecule has 0 aliphatic carbocycles. The number of hydrogen-bond acceptors (Lipinski definition) is 3. The summed E-state index contributed by atoms with van der Waals surface area (Å²) in [4.78, 5) is 21.7. The molecule has 1 N–H and O–H groups in total. The summed E-state index contributed by atoms with van der Waals surface area (Å²) >= 11 is -0.831. The van der Waals surface area contributed by atoms with Crippen molar-refractivity contribution < 1.29 is 19.2 Å². The third-order valence-corrected chi connectivity index (χ3v) is 3.60. The van der Waals surface area contributed by atoms with Crippen LogP contribution in [0.25, 0.3) is 0 Å². The van der Waals surface area contributed by atoms with Gasteiger partial charge in [0.2, 0.25) is 11.3 Å². The first-order valence-corrected chi connectivity index (χ1v) is 6.01. The Hall–Kier alpha value is -1.01. The van der Waals surface area contributed by atoms with Crippen LogP contribution >= 0.6 is 0 Å². The summed E-state index contributed by atoms with van der Waals surface area (Å²) in [5.74, 6) is -0.0478. The Bertz CT molecular complexity index is 292. The fraction of sp³-hybridized carbons (Fsp3) is 0.556. The molecule has 1 fully saturated rings. The molecule has 6 heteroatoms. The van der Waals surface area contributed by atoms with Crippen molar-refractivity contribution >= 4 is 23.1 Å². The van der Waals surface area contributed by atoms with Crippen molar-refractivity contribution in [2.45, 2.75) is 25.1 Å². The molecule has 0 spiro atoms. The second-order valence-electron chi connectivity index (χ2n) is 3.14. The number of carbonyl (C=O) groups excluding carboxylic acids is 1. The van der Waals surface area contributed by atoms with E-state index in [-0.39, 0.29) is 17.7 Å². The standard InChI is InChI=1S/C6H7NO2S.C3H6O2/c8-5-4-6-7(5)2-1-3-10(6)9;1-2-3(4)5/h1-2,6H,3-4H2;2H2,1H3,(H,4,5)/t6-,10?;/m0./s1. The van der Waals surface area contributed by atoms with Gasteiger partial charge in [0.25, 0.3) is 0 Å². The van der Waals surface area contributed by atoms with Gasteiger partial charge in [-0.2, -0.15) is 0 Å². The average Bonchev–Trinajstić information content (AvgIpc) is 2.20. The third-order valence-electron chi connectivity index (χ3n) is 2.08. The van der Waals surface area contributed by atoms with Crippen molar-refractivity contribution in [3.8, 4) is 0 Å². The number of nitrogens with zero attached hydrogens (tertiary/aromatic N) is 1. The molecule has 15 heavy (non-hydrogen) atoms. The van der Waals surface area contributed by atoms with Gasteiger partial charge in [-0.25, -0.2) is 0 Å². The number of carboxylic acid groups (broad SMARTS) is 1. The highest BCUT2D eigenvalue weighted by Gasteiger charge is 2.44. The molecular formula is C9H13NO4S. The Morgan fingerprint density at radius 3 is 2.80 bits per heavy atom. The maximum absolute atomic E-state index is 11.1. The Morgan fingerprint density at radius 1 is 1.80 bits per heavy atom. The second-order valence-corrected chi connectivity index (χ2v) is 4.78. The minimum Gasteiger partial charge on any atom is -0.614 e. The van der Waals surface area contributed by atoms with E-state index < -0.39 is 17.1 Å². The number of aliphatic carboxylic acids is 1. The molecule has 1 unspecified atom stereocenters. The van der Waals surface area contributed by atoms with Gasteiger partial charge in [0, 0.05) is 12.6 Å². The fourth-order valence-electron chi connectivity index (χ4n) is 1.16. The lowest BCUT2D eigenvalue weighted by Gasteiger charge is -2.39. The molecule has 1 amide bonds. The number of rotatable bonds is 1. The summed E-state index contributed by atoms with van der Waals surface area (Å²) in [5, 5.41) is 7.72. The largest absolute Gasteiger partial charge is 0.614 e. The smallest absolute Gasteiger partial charge is 0.303 e. The van der Waals surface area contributed by atoms with Crippen LogP contribution in [0, 0.1) is 0 Å². The molecule has 2 atom stereocenters. The minimum atomic E-state index is -0.831. The average molecular weight is 231 g/mol. The lowest BCUT2D eigenvalue weighted by atomic mass is 10.2. The van der Waals surface area contributed by atoms with Gasteiger partial charge >= 0.3 is 5.97 Å². The molecule has 0 aromatic carbocycles. The maximum atomic E-state index is 11.1. The van der Waals surface area contributed by atoms with E-state index in [4.69, 9.17) is 5.11 Å². The Labute approximate surface area is 90.9 Å². The van der Waals surface area contributed by atoms with E-state index in [9.17, 15) is 14.1 Å². The van der Waals surface area contributed by atoms with Crippen molar-refractivity contribution in [2.75, 3.05) is 5.75 Å². The summed E-state index contributed by atoms with van der Waals surface area (Å²) in [7, 11) is 0. The predicted octanol–water partition coefficient (Wildman–Crippen LogP) is 0.302. The van der Waals surface area contributed by atoms with Gasteiger partial charge in [0.15, 0.2) is 0 Å². The topological polar surface area (TPSA) is 80.7 Å². The predicted molar refractivity (Wildman–Crippen MR) is 55.3 cm³/mol. The van der Waals surface area contributed by atoms with Crippen molar-refractivity contribution in [1.29, 1.82) is 0 Å². The number of fused-ring (bicyclic) bond motifs is 1. The molecule has 2 aliphatic heterocycles. The van der Waals surface area contributed by atoms with Gasteiger partial charge in [0.05, 0.1) is 6.42 Å². The number of amides is 1. The highest BCUT2D eigenvalue weighted by molar-refractivity contribution is 7.92. The lowest BCUT2D eigenvalue weighted by molar-refractivity contribution is -0.138. The third kappa shape index (κ3) is 2.97. The van der Waals surface area contributed by atoms with Crippen molar-refractivity contribution in [1.82, 2.24) is 4.90 Å². The van der Waals surface area contributed by atoms with Crippen LogP contribution in [-0.4, -0.2) is 37.6 Å². The van der Waals surface area contributed by atoms with Crippen LogP contribution in [0.3, 0.4) is 0 Å². The molecule has 2 rings (SSSR count).